The van der Waals surface area contributed by atoms with Gasteiger partial charge in [0.1, 0.15) is 0 Å². The molecule has 1 rings (SSSR count). The minimum Gasteiger partial charge on any atom is -0.395 e. The van der Waals surface area contributed by atoms with Crippen molar-refractivity contribution >= 4 is 5.69 Å². The van der Waals surface area contributed by atoms with Crippen LogP contribution >= 0.6 is 0 Å². The molecule has 0 amide bonds. The minimum atomic E-state index is -0.445. The fraction of sp³-hybridized carbons (Fsp3) is 0.385. The Hall–Kier alpha value is -1.32. The van der Waals surface area contributed by atoms with Gasteiger partial charge in [0.15, 0.2) is 0 Å². The van der Waals surface area contributed by atoms with Gasteiger partial charge < -0.3 is 15.1 Å². The second-order valence-electron chi connectivity index (χ2n) is 3.73. The Morgan fingerprint density at radius 1 is 1.38 bits per heavy atom. The molecule has 0 fully saturated rings. The number of anilines is 1. The maximum absolute atomic E-state index is 9.39. The zero-order chi connectivity index (χ0) is 12.0. The molecule has 1 atom stereocenters. The maximum atomic E-state index is 9.39. The number of aliphatic hydroxyl groups is 2. The molecule has 0 aromatic heterocycles. The molecule has 0 aliphatic heterocycles. The number of aliphatic hydroxyl groups excluding tert-OH is 2. The molecule has 0 heterocycles. The first kappa shape index (κ1) is 12.7. The van der Waals surface area contributed by atoms with E-state index < -0.39 is 6.10 Å². The predicted molar refractivity (Wildman–Crippen MR) is 66.6 cm³/mol. The molecule has 16 heavy (non-hydrogen) atoms. The van der Waals surface area contributed by atoms with Gasteiger partial charge in [-0.3, -0.25) is 0 Å². The lowest BCUT2D eigenvalue weighted by Crippen LogP contribution is -2.26. The second kappa shape index (κ2) is 6.30. The zero-order valence-electron chi connectivity index (χ0n) is 9.63. The van der Waals surface area contributed by atoms with Gasteiger partial charge in [0.25, 0.3) is 0 Å². The standard InChI is InChI=1S/C13H19NO2/c1-3-8-14(9-10-15)13-6-4-12(5-7-13)11(2)16/h3-7,11,15-16H,1,8-10H2,2H3/t11-/m1/s1. The van der Waals surface area contributed by atoms with E-state index >= 15 is 0 Å². The van der Waals surface area contributed by atoms with E-state index in [0.29, 0.717) is 13.1 Å². The van der Waals surface area contributed by atoms with E-state index in [4.69, 9.17) is 5.11 Å². The summed E-state index contributed by atoms with van der Waals surface area (Å²) >= 11 is 0. The summed E-state index contributed by atoms with van der Waals surface area (Å²) in [4.78, 5) is 2.03. The molecular weight excluding hydrogens is 202 g/mol. The van der Waals surface area contributed by atoms with Gasteiger partial charge in [0.05, 0.1) is 12.7 Å². The van der Waals surface area contributed by atoms with Gasteiger partial charge in [0.2, 0.25) is 0 Å². The maximum Gasteiger partial charge on any atom is 0.0761 e. The summed E-state index contributed by atoms with van der Waals surface area (Å²) < 4.78 is 0. The molecule has 1 aromatic rings. The molecule has 88 valence electrons. The number of benzene rings is 1. The summed E-state index contributed by atoms with van der Waals surface area (Å²) in [5.41, 5.74) is 1.92. The molecule has 0 aliphatic carbocycles. The summed E-state index contributed by atoms with van der Waals surface area (Å²) in [6, 6.07) is 7.68. The molecule has 0 spiro atoms. The fourth-order valence-electron chi connectivity index (χ4n) is 1.57. The van der Waals surface area contributed by atoms with Crippen molar-refractivity contribution in [2.75, 3.05) is 24.6 Å². The lowest BCUT2D eigenvalue weighted by Gasteiger charge is -2.22. The average Bonchev–Trinajstić information content (AvgIpc) is 2.29. The summed E-state index contributed by atoms with van der Waals surface area (Å²) in [7, 11) is 0. The van der Waals surface area contributed by atoms with Crippen molar-refractivity contribution in [3.63, 3.8) is 0 Å². The van der Waals surface area contributed by atoms with Gasteiger partial charge in [-0.1, -0.05) is 18.2 Å². The molecule has 0 saturated carbocycles. The van der Waals surface area contributed by atoms with Crippen molar-refractivity contribution in [3.05, 3.63) is 42.5 Å². The van der Waals surface area contributed by atoms with Crippen LogP contribution in [0.3, 0.4) is 0 Å². The van der Waals surface area contributed by atoms with E-state index in [1.165, 1.54) is 0 Å². The van der Waals surface area contributed by atoms with Crippen molar-refractivity contribution in [2.24, 2.45) is 0 Å². The third kappa shape index (κ3) is 3.36. The normalized spacial score (nSPS) is 12.2. The largest absolute Gasteiger partial charge is 0.395 e. The molecule has 0 saturated heterocycles. The Morgan fingerprint density at radius 2 is 2.00 bits per heavy atom. The van der Waals surface area contributed by atoms with E-state index in [9.17, 15) is 5.11 Å². The monoisotopic (exact) mass is 221 g/mol. The van der Waals surface area contributed by atoms with Crippen molar-refractivity contribution < 1.29 is 10.2 Å². The summed E-state index contributed by atoms with van der Waals surface area (Å²) in [6.07, 6.45) is 1.36. The van der Waals surface area contributed by atoms with Crippen LogP contribution in [0.4, 0.5) is 5.69 Å². The van der Waals surface area contributed by atoms with Gasteiger partial charge >= 0.3 is 0 Å². The van der Waals surface area contributed by atoms with Crippen LogP contribution in [-0.2, 0) is 0 Å². The Morgan fingerprint density at radius 3 is 2.44 bits per heavy atom. The van der Waals surface area contributed by atoms with E-state index in [-0.39, 0.29) is 6.61 Å². The van der Waals surface area contributed by atoms with Crippen LogP contribution in [0.5, 0.6) is 0 Å². The van der Waals surface area contributed by atoms with Crippen LogP contribution in [0.15, 0.2) is 36.9 Å². The van der Waals surface area contributed by atoms with E-state index in [1.807, 2.05) is 29.2 Å². The fourth-order valence-corrected chi connectivity index (χ4v) is 1.57. The molecule has 0 unspecified atom stereocenters. The van der Waals surface area contributed by atoms with E-state index in [1.54, 1.807) is 13.0 Å². The van der Waals surface area contributed by atoms with E-state index in [0.717, 1.165) is 11.3 Å². The zero-order valence-corrected chi connectivity index (χ0v) is 9.63. The highest BCUT2D eigenvalue weighted by Crippen LogP contribution is 2.18. The van der Waals surface area contributed by atoms with Crippen LogP contribution in [-0.4, -0.2) is 29.9 Å². The summed E-state index contributed by atoms with van der Waals surface area (Å²) in [5.74, 6) is 0. The summed E-state index contributed by atoms with van der Waals surface area (Å²) in [5, 5.41) is 18.3. The Kier molecular flexibility index (Phi) is 5.02. The van der Waals surface area contributed by atoms with Crippen molar-refractivity contribution in [1.82, 2.24) is 0 Å². The van der Waals surface area contributed by atoms with Crippen LogP contribution in [0.1, 0.15) is 18.6 Å². The minimum absolute atomic E-state index is 0.117. The van der Waals surface area contributed by atoms with Gasteiger partial charge in [-0.25, -0.2) is 0 Å². The van der Waals surface area contributed by atoms with Crippen molar-refractivity contribution in [2.45, 2.75) is 13.0 Å². The van der Waals surface area contributed by atoms with Crippen LogP contribution in [0, 0.1) is 0 Å². The highest BCUT2D eigenvalue weighted by Gasteiger charge is 2.05. The first-order chi connectivity index (χ1) is 7.69. The van der Waals surface area contributed by atoms with Crippen LogP contribution in [0.2, 0.25) is 0 Å². The Labute approximate surface area is 96.6 Å². The molecule has 3 heteroatoms. The lowest BCUT2D eigenvalue weighted by atomic mass is 10.1. The van der Waals surface area contributed by atoms with Gasteiger partial charge in [-0.2, -0.15) is 0 Å². The van der Waals surface area contributed by atoms with Crippen molar-refractivity contribution in [3.8, 4) is 0 Å². The molecule has 0 aliphatic rings. The second-order valence-corrected chi connectivity index (χ2v) is 3.73. The lowest BCUT2D eigenvalue weighted by molar-refractivity contribution is 0.199. The Bertz CT molecular complexity index is 319. The molecule has 3 nitrogen and oxygen atoms in total. The predicted octanol–water partition coefficient (Wildman–Crippen LogP) is 1.72. The van der Waals surface area contributed by atoms with Gasteiger partial charge in [0, 0.05) is 18.8 Å². The first-order valence-corrected chi connectivity index (χ1v) is 5.43. The molecule has 1 aromatic carbocycles. The third-order valence-electron chi connectivity index (χ3n) is 2.46. The quantitative estimate of drug-likeness (QED) is 0.719. The molecule has 2 N–H and O–H groups in total. The van der Waals surface area contributed by atoms with Gasteiger partial charge in [-0.05, 0) is 24.6 Å². The third-order valence-corrected chi connectivity index (χ3v) is 2.46. The number of nitrogens with zero attached hydrogens (tertiary/aromatic N) is 1. The Balaban J connectivity index is 2.80. The van der Waals surface area contributed by atoms with Gasteiger partial charge in [-0.15, -0.1) is 6.58 Å². The highest BCUT2D eigenvalue weighted by molar-refractivity contribution is 5.48. The first-order valence-electron chi connectivity index (χ1n) is 5.43. The van der Waals surface area contributed by atoms with Crippen molar-refractivity contribution in [1.29, 1.82) is 0 Å². The van der Waals surface area contributed by atoms with Crippen LogP contribution < -0.4 is 4.90 Å². The SMILES string of the molecule is C=CCN(CCO)c1ccc([C@@H](C)O)cc1. The molecular formula is C13H19NO2. The average molecular weight is 221 g/mol. The van der Waals surface area contributed by atoms with E-state index in [2.05, 4.69) is 6.58 Å². The molecule has 0 bridgehead atoms. The number of hydrogen-bond donors (Lipinski definition) is 2. The smallest absolute Gasteiger partial charge is 0.0761 e. The molecule has 0 radical (unpaired) electrons. The summed E-state index contributed by atoms with van der Waals surface area (Å²) in [6.45, 7) is 6.83. The van der Waals surface area contributed by atoms with Crippen LogP contribution in [0.25, 0.3) is 0 Å². The number of hydrogen-bond acceptors (Lipinski definition) is 3. The topological polar surface area (TPSA) is 43.7 Å². The number of rotatable bonds is 6. The highest BCUT2D eigenvalue weighted by atomic mass is 16.3.